The Kier molecular flexibility index (Phi) is 4.84. The molecule has 2 aromatic rings. The highest BCUT2D eigenvalue weighted by molar-refractivity contribution is 7.89. The van der Waals surface area contributed by atoms with Crippen molar-refractivity contribution in [3.63, 3.8) is 0 Å². The van der Waals surface area contributed by atoms with Gasteiger partial charge in [-0.25, -0.2) is 23.3 Å². The summed E-state index contributed by atoms with van der Waals surface area (Å²) < 4.78 is 22.5. The average Bonchev–Trinajstić information content (AvgIpc) is 2.62. The van der Waals surface area contributed by atoms with Crippen molar-refractivity contribution in [2.75, 3.05) is 4.90 Å². The first kappa shape index (κ1) is 18.4. The standard InChI is InChI=1S/C17H14N4O5S/c18-27(25,26)13-8-6-11(7-9-13)19-10-14-15(22)20-17(24)21(16(14)23)12-4-2-1-3-5-12/h1-10,14H,(H2,18,25,26)(H,20,22,24). The number of hydrogen-bond acceptors (Lipinski definition) is 6. The first-order valence-electron chi connectivity index (χ1n) is 7.68. The molecule has 10 heteroatoms. The van der Waals surface area contributed by atoms with Crippen LogP contribution in [0.2, 0.25) is 0 Å². The molecule has 2 aromatic carbocycles. The molecule has 1 atom stereocenters. The fourth-order valence-electron chi connectivity index (χ4n) is 2.43. The normalized spacial score (nSPS) is 18.0. The summed E-state index contributed by atoms with van der Waals surface area (Å²) >= 11 is 0. The van der Waals surface area contributed by atoms with Gasteiger partial charge >= 0.3 is 6.03 Å². The number of nitrogens with zero attached hydrogens (tertiary/aromatic N) is 2. The summed E-state index contributed by atoms with van der Waals surface area (Å²) in [6.45, 7) is 0. The molecule has 27 heavy (non-hydrogen) atoms. The van der Waals surface area contributed by atoms with E-state index < -0.39 is 33.8 Å². The SMILES string of the molecule is NS(=O)(=O)c1ccc(N=CC2C(=O)NC(=O)N(c3ccccc3)C2=O)cc1. The maximum Gasteiger partial charge on any atom is 0.335 e. The van der Waals surface area contributed by atoms with Gasteiger partial charge in [0.2, 0.25) is 15.9 Å². The number of hydrogen-bond donors (Lipinski definition) is 2. The first-order chi connectivity index (χ1) is 12.8. The van der Waals surface area contributed by atoms with Crippen LogP contribution in [-0.2, 0) is 19.6 Å². The summed E-state index contributed by atoms with van der Waals surface area (Å²) in [4.78, 5) is 41.5. The van der Waals surface area contributed by atoms with Gasteiger partial charge in [0.15, 0.2) is 5.92 Å². The molecule has 1 saturated heterocycles. The Morgan fingerprint density at radius 2 is 1.63 bits per heavy atom. The van der Waals surface area contributed by atoms with Crippen molar-refractivity contribution in [3.05, 3.63) is 54.6 Å². The lowest BCUT2D eigenvalue weighted by Crippen LogP contribution is -2.58. The van der Waals surface area contributed by atoms with Crippen molar-refractivity contribution in [3.8, 4) is 0 Å². The molecule has 3 rings (SSSR count). The molecular weight excluding hydrogens is 372 g/mol. The zero-order valence-electron chi connectivity index (χ0n) is 13.8. The molecule has 3 N–H and O–H groups in total. The summed E-state index contributed by atoms with van der Waals surface area (Å²) in [6, 6.07) is 12.6. The van der Waals surface area contributed by atoms with Gasteiger partial charge in [0.1, 0.15) is 0 Å². The molecular formula is C17H14N4O5S. The number of carbonyl (C=O) groups is 3. The van der Waals surface area contributed by atoms with Gasteiger partial charge in [-0.05, 0) is 36.4 Å². The molecule has 1 aliphatic rings. The second-order valence-corrected chi connectivity index (χ2v) is 7.16. The lowest BCUT2D eigenvalue weighted by atomic mass is 10.1. The third-order valence-electron chi connectivity index (χ3n) is 3.75. The number of barbiturate groups is 1. The van der Waals surface area contributed by atoms with Gasteiger partial charge in [-0.15, -0.1) is 0 Å². The van der Waals surface area contributed by atoms with Gasteiger partial charge < -0.3 is 0 Å². The summed E-state index contributed by atoms with van der Waals surface area (Å²) in [7, 11) is -3.83. The van der Waals surface area contributed by atoms with Crippen molar-refractivity contribution in [2.24, 2.45) is 16.0 Å². The lowest BCUT2D eigenvalue weighted by Gasteiger charge is -2.28. The smallest absolute Gasteiger partial charge is 0.276 e. The Morgan fingerprint density at radius 1 is 1.00 bits per heavy atom. The van der Waals surface area contributed by atoms with Gasteiger partial charge in [-0.1, -0.05) is 18.2 Å². The maximum absolute atomic E-state index is 12.6. The van der Waals surface area contributed by atoms with Crippen molar-refractivity contribution in [1.29, 1.82) is 0 Å². The first-order valence-corrected chi connectivity index (χ1v) is 9.23. The number of nitrogens with two attached hydrogens (primary N) is 1. The maximum atomic E-state index is 12.6. The van der Waals surface area contributed by atoms with Crippen molar-refractivity contribution < 1.29 is 22.8 Å². The van der Waals surface area contributed by atoms with Crippen LogP contribution in [0.3, 0.4) is 0 Å². The summed E-state index contributed by atoms with van der Waals surface area (Å²) in [5, 5.41) is 7.13. The van der Waals surface area contributed by atoms with E-state index in [4.69, 9.17) is 5.14 Å². The number of aliphatic imine (C=N–C) groups is 1. The molecule has 0 aliphatic carbocycles. The van der Waals surface area contributed by atoms with E-state index >= 15 is 0 Å². The Morgan fingerprint density at radius 3 is 2.22 bits per heavy atom. The van der Waals surface area contributed by atoms with E-state index in [-0.39, 0.29) is 4.90 Å². The van der Waals surface area contributed by atoms with Crippen molar-refractivity contribution in [1.82, 2.24) is 5.32 Å². The number of primary sulfonamides is 1. The van der Waals surface area contributed by atoms with Crippen LogP contribution in [0.25, 0.3) is 0 Å². The average molecular weight is 386 g/mol. The number of anilines is 1. The predicted molar refractivity (Wildman–Crippen MR) is 96.9 cm³/mol. The monoisotopic (exact) mass is 386 g/mol. The Bertz CT molecular complexity index is 1030. The predicted octanol–water partition coefficient (Wildman–Crippen LogP) is 0.935. The molecule has 1 heterocycles. The van der Waals surface area contributed by atoms with Gasteiger partial charge in [-0.2, -0.15) is 0 Å². The van der Waals surface area contributed by atoms with Crippen LogP contribution < -0.4 is 15.4 Å². The van der Waals surface area contributed by atoms with Crippen LogP contribution in [0.5, 0.6) is 0 Å². The highest BCUT2D eigenvalue weighted by Crippen LogP contribution is 2.21. The minimum Gasteiger partial charge on any atom is -0.276 e. The van der Waals surface area contributed by atoms with Crippen molar-refractivity contribution >= 4 is 45.5 Å². The van der Waals surface area contributed by atoms with Crippen LogP contribution in [0.1, 0.15) is 0 Å². The summed E-state index contributed by atoms with van der Waals surface area (Å²) in [6.07, 6.45) is 1.10. The van der Waals surface area contributed by atoms with Gasteiger partial charge in [-0.3, -0.25) is 19.9 Å². The summed E-state index contributed by atoms with van der Waals surface area (Å²) in [5.41, 5.74) is 0.634. The number of amides is 4. The fourth-order valence-corrected chi connectivity index (χ4v) is 2.94. The van der Waals surface area contributed by atoms with E-state index in [2.05, 4.69) is 10.3 Å². The molecule has 0 spiro atoms. The number of urea groups is 1. The lowest BCUT2D eigenvalue weighted by molar-refractivity contribution is -0.131. The highest BCUT2D eigenvalue weighted by atomic mass is 32.2. The third kappa shape index (κ3) is 3.91. The van der Waals surface area contributed by atoms with E-state index in [1.807, 2.05) is 0 Å². The topological polar surface area (TPSA) is 139 Å². The Hall–Kier alpha value is -3.37. The number of nitrogens with one attached hydrogen (secondary N) is 1. The highest BCUT2D eigenvalue weighted by Gasteiger charge is 2.40. The Balaban J connectivity index is 1.85. The van der Waals surface area contributed by atoms with E-state index in [1.165, 1.54) is 24.3 Å². The largest absolute Gasteiger partial charge is 0.335 e. The van der Waals surface area contributed by atoms with Crippen LogP contribution in [0.15, 0.2) is 64.5 Å². The van der Waals surface area contributed by atoms with Gasteiger partial charge in [0.05, 0.1) is 16.3 Å². The molecule has 0 radical (unpaired) electrons. The minimum absolute atomic E-state index is 0.0891. The number of sulfonamides is 1. The van der Waals surface area contributed by atoms with Crippen LogP contribution in [0, 0.1) is 5.92 Å². The number of imide groups is 2. The molecule has 138 valence electrons. The molecule has 9 nitrogen and oxygen atoms in total. The molecule has 1 unspecified atom stereocenters. The van der Waals surface area contributed by atoms with Gasteiger partial charge in [0, 0.05) is 6.21 Å². The van der Waals surface area contributed by atoms with Gasteiger partial charge in [0.25, 0.3) is 5.91 Å². The second kappa shape index (κ2) is 7.09. The Labute approximate surface area is 154 Å². The van der Waals surface area contributed by atoms with E-state index in [9.17, 15) is 22.8 Å². The molecule has 0 bridgehead atoms. The molecule has 0 aromatic heterocycles. The molecule has 0 saturated carbocycles. The molecule has 4 amide bonds. The quantitative estimate of drug-likeness (QED) is 0.594. The van der Waals surface area contributed by atoms with Crippen LogP contribution >= 0.6 is 0 Å². The fraction of sp³-hybridized carbons (Fsp3) is 0.0588. The van der Waals surface area contributed by atoms with Crippen LogP contribution in [-0.4, -0.2) is 32.5 Å². The van der Waals surface area contributed by atoms with E-state index in [1.54, 1.807) is 30.3 Å². The third-order valence-corrected chi connectivity index (χ3v) is 4.68. The zero-order chi connectivity index (χ0) is 19.6. The minimum atomic E-state index is -3.83. The van der Waals surface area contributed by atoms with Crippen molar-refractivity contribution in [2.45, 2.75) is 4.90 Å². The zero-order valence-corrected chi connectivity index (χ0v) is 14.6. The molecule has 1 fully saturated rings. The number of carbonyl (C=O) groups excluding carboxylic acids is 3. The number of para-hydroxylation sites is 1. The van der Waals surface area contributed by atoms with E-state index in [0.717, 1.165) is 11.1 Å². The summed E-state index contributed by atoms with van der Waals surface area (Å²) in [5.74, 6) is -2.83. The molecule has 1 aliphatic heterocycles. The second-order valence-electron chi connectivity index (χ2n) is 5.60. The number of rotatable bonds is 4. The van der Waals surface area contributed by atoms with E-state index in [0.29, 0.717) is 11.4 Å². The number of benzene rings is 2. The van der Waals surface area contributed by atoms with Crippen LogP contribution in [0.4, 0.5) is 16.2 Å².